The molecule has 0 heterocycles. The highest BCUT2D eigenvalue weighted by atomic mass is 16.5. The molecule has 0 aromatic rings. The molecule has 0 aromatic carbocycles. The Morgan fingerprint density at radius 3 is 2.94 bits per heavy atom. The van der Waals surface area contributed by atoms with Crippen LogP contribution in [0.15, 0.2) is 0 Å². The Labute approximate surface area is 95.9 Å². The van der Waals surface area contributed by atoms with E-state index < -0.39 is 0 Å². The van der Waals surface area contributed by atoms with Crippen molar-refractivity contribution in [2.24, 2.45) is 17.6 Å². The first kappa shape index (κ1) is 12.9. The summed E-state index contributed by atoms with van der Waals surface area (Å²) in [6.45, 7) is 1.38. The Bertz CT molecular complexity index is 262. The van der Waals surface area contributed by atoms with Crippen LogP contribution in [-0.4, -0.2) is 32.2 Å². The van der Waals surface area contributed by atoms with E-state index in [1.54, 1.807) is 0 Å². The number of ether oxygens (including phenoxy) is 1. The first-order valence-corrected chi connectivity index (χ1v) is 5.69. The molecule has 5 nitrogen and oxygen atoms in total. The fourth-order valence-electron chi connectivity index (χ4n) is 2.14. The molecule has 2 unspecified atom stereocenters. The number of nitrogens with two attached hydrogens (primary N) is 1. The van der Waals surface area contributed by atoms with Gasteiger partial charge < -0.3 is 15.8 Å². The van der Waals surface area contributed by atoms with Crippen molar-refractivity contribution in [3.8, 4) is 6.07 Å². The zero-order chi connectivity index (χ0) is 11.8. The summed E-state index contributed by atoms with van der Waals surface area (Å²) >= 11 is 0. The molecule has 0 aromatic heterocycles. The van der Waals surface area contributed by atoms with Crippen molar-refractivity contribution in [2.45, 2.75) is 19.3 Å². The highest BCUT2D eigenvalue weighted by Gasteiger charge is 2.26. The summed E-state index contributed by atoms with van der Waals surface area (Å²) in [5.74, 6) is 0.805. The third-order valence-electron chi connectivity index (χ3n) is 3.05. The van der Waals surface area contributed by atoms with Gasteiger partial charge in [0.25, 0.3) is 0 Å². The van der Waals surface area contributed by atoms with Crippen LogP contribution in [0.3, 0.4) is 0 Å². The largest absolute Gasteiger partial charge is 0.371 e. The lowest BCUT2D eigenvalue weighted by atomic mass is 9.97. The highest BCUT2D eigenvalue weighted by Crippen LogP contribution is 2.30. The van der Waals surface area contributed by atoms with Gasteiger partial charge in [-0.15, -0.1) is 0 Å². The Hall–Kier alpha value is -1.12. The molecule has 0 saturated heterocycles. The van der Waals surface area contributed by atoms with E-state index in [0.29, 0.717) is 25.0 Å². The Morgan fingerprint density at radius 2 is 2.25 bits per heavy atom. The molecule has 0 spiro atoms. The topological polar surface area (TPSA) is 88.1 Å². The SMILES string of the molecule is N#CCNC(=O)COCC1CCCC1CN. The zero-order valence-electron chi connectivity index (χ0n) is 9.45. The molecule has 0 aliphatic heterocycles. The molecule has 5 heteroatoms. The maximum atomic E-state index is 11.1. The second kappa shape index (κ2) is 7.20. The van der Waals surface area contributed by atoms with Crippen LogP contribution in [0.2, 0.25) is 0 Å². The van der Waals surface area contributed by atoms with Gasteiger partial charge in [0.15, 0.2) is 0 Å². The molecule has 3 N–H and O–H groups in total. The van der Waals surface area contributed by atoms with E-state index in [1.807, 2.05) is 6.07 Å². The third kappa shape index (κ3) is 4.17. The van der Waals surface area contributed by atoms with E-state index in [2.05, 4.69) is 5.32 Å². The number of nitriles is 1. The number of nitrogens with one attached hydrogen (secondary N) is 1. The van der Waals surface area contributed by atoms with Gasteiger partial charge in [0.1, 0.15) is 13.2 Å². The van der Waals surface area contributed by atoms with Crippen molar-refractivity contribution in [3.05, 3.63) is 0 Å². The Balaban J connectivity index is 2.10. The number of rotatable bonds is 6. The van der Waals surface area contributed by atoms with Gasteiger partial charge in [-0.25, -0.2) is 0 Å². The van der Waals surface area contributed by atoms with E-state index in [-0.39, 0.29) is 19.1 Å². The van der Waals surface area contributed by atoms with E-state index in [9.17, 15) is 4.79 Å². The van der Waals surface area contributed by atoms with Gasteiger partial charge in [-0.05, 0) is 31.2 Å². The van der Waals surface area contributed by atoms with Crippen molar-refractivity contribution in [2.75, 3.05) is 26.3 Å². The minimum Gasteiger partial charge on any atom is -0.371 e. The van der Waals surface area contributed by atoms with Crippen molar-refractivity contribution >= 4 is 5.91 Å². The predicted octanol–water partition coefficient (Wildman–Crippen LogP) is 0.0178. The van der Waals surface area contributed by atoms with Crippen molar-refractivity contribution < 1.29 is 9.53 Å². The number of amides is 1. The average molecular weight is 225 g/mol. The van der Waals surface area contributed by atoms with Gasteiger partial charge in [0, 0.05) is 0 Å². The second-order valence-corrected chi connectivity index (χ2v) is 4.14. The molecule has 1 amide bonds. The van der Waals surface area contributed by atoms with Gasteiger partial charge >= 0.3 is 0 Å². The lowest BCUT2D eigenvalue weighted by molar-refractivity contribution is -0.126. The van der Waals surface area contributed by atoms with Crippen LogP contribution >= 0.6 is 0 Å². The molecule has 1 aliphatic carbocycles. The molecular formula is C11H19N3O2. The summed E-state index contributed by atoms with van der Waals surface area (Å²) in [7, 11) is 0. The van der Waals surface area contributed by atoms with Gasteiger partial charge in [-0.1, -0.05) is 6.42 Å². The van der Waals surface area contributed by atoms with Crippen molar-refractivity contribution in [3.63, 3.8) is 0 Å². The van der Waals surface area contributed by atoms with Crippen LogP contribution in [0, 0.1) is 23.2 Å². The number of carbonyl (C=O) groups excluding carboxylic acids is 1. The summed E-state index contributed by atoms with van der Waals surface area (Å²) in [6.07, 6.45) is 3.52. The number of nitrogens with zero attached hydrogens (tertiary/aromatic N) is 1. The molecule has 16 heavy (non-hydrogen) atoms. The molecule has 90 valence electrons. The lowest BCUT2D eigenvalue weighted by Crippen LogP contribution is -2.29. The summed E-state index contributed by atoms with van der Waals surface area (Å²) in [5.41, 5.74) is 5.65. The molecule has 1 rings (SSSR count). The van der Waals surface area contributed by atoms with Gasteiger partial charge in [-0.2, -0.15) is 5.26 Å². The average Bonchev–Trinajstić information content (AvgIpc) is 2.74. The maximum absolute atomic E-state index is 11.1. The van der Waals surface area contributed by atoms with Crippen LogP contribution < -0.4 is 11.1 Å². The number of hydrogen-bond donors (Lipinski definition) is 2. The third-order valence-corrected chi connectivity index (χ3v) is 3.05. The minimum atomic E-state index is -0.233. The summed E-state index contributed by atoms with van der Waals surface area (Å²) in [6, 6.07) is 1.84. The first-order valence-electron chi connectivity index (χ1n) is 5.69. The molecule has 0 radical (unpaired) electrons. The van der Waals surface area contributed by atoms with Crippen LogP contribution in [0.25, 0.3) is 0 Å². The van der Waals surface area contributed by atoms with Gasteiger partial charge in [0.2, 0.25) is 5.91 Å². The smallest absolute Gasteiger partial charge is 0.246 e. The summed E-state index contributed by atoms with van der Waals surface area (Å²) in [4.78, 5) is 11.1. The van der Waals surface area contributed by atoms with E-state index in [1.165, 1.54) is 12.8 Å². The number of carbonyl (C=O) groups is 1. The second-order valence-electron chi connectivity index (χ2n) is 4.14. The van der Waals surface area contributed by atoms with Gasteiger partial charge in [-0.3, -0.25) is 4.79 Å². The monoisotopic (exact) mass is 225 g/mol. The molecule has 2 atom stereocenters. The normalized spacial score (nSPS) is 24.0. The molecule has 1 aliphatic rings. The molecule has 1 fully saturated rings. The van der Waals surface area contributed by atoms with E-state index >= 15 is 0 Å². The van der Waals surface area contributed by atoms with Crippen molar-refractivity contribution in [1.82, 2.24) is 5.32 Å². The standard InChI is InChI=1S/C11H19N3O2/c12-4-5-14-11(15)8-16-7-10-3-1-2-9(10)6-13/h9-10H,1-3,5-8,13H2,(H,14,15). The van der Waals surface area contributed by atoms with E-state index in [4.69, 9.17) is 15.7 Å². The van der Waals surface area contributed by atoms with Crippen LogP contribution in [0.4, 0.5) is 0 Å². The van der Waals surface area contributed by atoms with Crippen LogP contribution in [-0.2, 0) is 9.53 Å². The minimum absolute atomic E-state index is 0.0372. The van der Waals surface area contributed by atoms with Gasteiger partial charge in [0.05, 0.1) is 12.7 Å². The predicted molar refractivity (Wildman–Crippen MR) is 59.3 cm³/mol. The van der Waals surface area contributed by atoms with Crippen molar-refractivity contribution in [1.29, 1.82) is 5.26 Å². The molecule has 1 saturated carbocycles. The zero-order valence-corrected chi connectivity index (χ0v) is 9.45. The highest BCUT2D eigenvalue weighted by molar-refractivity contribution is 5.77. The number of hydrogen-bond acceptors (Lipinski definition) is 4. The fourth-order valence-corrected chi connectivity index (χ4v) is 2.14. The first-order chi connectivity index (χ1) is 7.77. The molecule has 0 bridgehead atoms. The lowest BCUT2D eigenvalue weighted by Gasteiger charge is -2.17. The van der Waals surface area contributed by atoms with Crippen LogP contribution in [0.5, 0.6) is 0 Å². The Morgan fingerprint density at radius 1 is 1.50 bits per heavy atom. The van der Waals surface area contributed by atoms with Crippen LogP contribution in [0.1, 0.15) is 19.3 Å². The fraction of sp³-hybridized carbons (Fsp3) is 0.818. The maximum Gasteiger partial charge on any atom is 0.246 e. The summed E-state index contributed by atoms with van der Waals surface area (Å²) in [5, 5.41) is 10.7. The molecular weight excluding hydrogens is 206 g/mol. The van der Waals surface area contributed by atoms with E-state index in [0.717, 1.165) is 6.42 Å². The Kier molecular flexibility index (Phi) is 5.83. The quantitative estimate of drug-likeness (QED) is 0.624. The summed E-state index contributed by atoms with van der Waals surface area (Å²) < 4.78 is 5.33.